The number of alkyl halides is 3. The number of aromatic hydroxyl groups is 1. The van der Waals surface area contributed by atoms with Crippen LogP contribution in [-0.4, -0.2) is 14.9 Å². The zero-order valence-electron chi connectivity index (χ0n) is 8.83. The van der Waals surface area contributed by atoms with Crippen LogP contribution < -0.4 is 0 Å². The molecule has 0 heterocycles. The molecule has 0 aliphatic rings. The third kappa shape index (κ3) is 7.72. The summed E-state index contributed by atoms with van der Waals surface area (Å²) in [6.45, 7) is 2.93. The van der Waals surface area contributed by atoms with Gasteiger partial charge in [0, 0.05) is 0 Å². The first-order chi connectivity index (χ1) is 8.06. The molecule has 0 spiro atoms. The minimum absolute atomic E-state index is 0.169. The van der Waals surface area contributed by atoms with Gasteiger partial charge in [0.15, 0.2) is 0 Å². The van der Waals surface area contributed by atoms with E-state index in [1.54, 1.807) is 0 Å². The molecule has 1 aromatic rings. The van der Waals surface area contributed by atoms with Crippen molar-refractivity contribution in [3.63, 3.8) is 0 Å². The Hall–Kier alpha value is -1.50. The maximum absolute atomic E-state index is 11.8. The SMILES string of the molecule is C=COP(=O)(O)O.Oc1ccc(C(F)(F)F)cc1. The van der Waals surface area contributed by atoms with Crippen LogP contribution in [0.1, 0.15) is 5.56 Å². The molecular weight excluding hydrogens is 276 g/mol. The van der Waals surface area contributed by atoms with E-state index < -0.39 is 19.6 Å². The highest BCUT2D eigenvalue weighted by Crippen LogP contribution is 2.35. The van der Waals surface area contributed by atoms with Crippen molar-refractivity contribution in [2.45, 2.75) is 6.18 Å². The molecule has 0 aromatic heterocycles. The minimum atomic E-state index is -4.33. The van der Waals surface area contributed by atoms with Gasteiger partial charge < -0.3 is 9.63 Å². The second-order valence-corrected chi connectivity index (χ2v) is 4.00. The fourth-order valence-electron chi connectivity index (χ4n) is 0.748. The lowest BCUT2D eigenvalue weighted by Crippen LogP contribution is -2.03. The van der Waals surface area contributed by atoms with Crippen molar-refractivity contribution in [2.75, 3.05) is 0 Å². The van der Waals surface area contributed by atoms with Gasteiger partial charge in [0.2, 0.25) is 0 Å². The second kappa shape index (κ2) is 6.44. The zero-order valence-corrected chi connectivity index (χ0v) is 9.73. The van der Waals surface area contributed by atoms with E-state index in [0.29, 0.717) is 6.26 Å². The Morgan fingerprint density at radius 2 is 1.67 bits per heavy atom. The largest absolute Gasteiger partial charge is 0.524 e. The molecule has 18 heavy (non-hydrogen) atoms. The molecule has 0 aliphatic carbocycles. The van der Waals surface area contributed by atoms with Gasteiger partial charge in [-0.15, -0.1) is 0 Å². The number of benzene rings is 1. The van der Waals surface area contributed by atoms with Crippen molar-refractivity contribution in [2.24, 2.45) is 0 Å². The Kier molecular flexibility index (Phi) is 5.90. The van der Waals surface area contributed by atoms with E-state index >= 15 is 0 Å². The van der Waals surface area contributed by atoms with Crippen molar-refractivity contribution in [1.29, 1.82) is 0 Å². The Balaban J connectivity index is 0.000000360. The van der Waals surface area contributed by atoms with Crippen LogP contribution in [0, 0.1) is 0 Å². The van der Waals surface area contributed by atoms with Crippen molar-refractivity contribution in [3.05, 3.63) is 42.7 Å². The second-order valence-electron chi connectivity index (χ2n) is 2.81. The number of hydrogen-bond donors (Lipinski definition) is 3. The Labute approximate surface area is 100 Å². The Bertz CT molecular complexity index is 423. The standard InChI is InChI=1S/C7H5F3O.C2H5O4P/c8-7(9,10)5-1-3-6(11)4-2-5;1-2-6-7(3,4)5/h1-4,11H;2H,1H2,(H2,3,4,5). The maximum atomic E-state index is 11.8. The maximum Gasteiger partial charge on any atom is 0.524 e. The van der Waals surface area contributed by atoms with Gasteiger partial charge in [0.05, 0.1) is 11.8 Å². The fourth-order valence-corrected chi connectivity index (χ4v) is 0.942. The molecule has 0 unspecified atom stereocenters. The number of halogens is 3. The molecule has 0 radical (unpaired) electrons. The molecule has 5 nitrogen and oxygen atoms in total. The molecule has 0 atom stereocenters. The topological polar surface area (TPSA) is 87.0 Å². The fraction of sp³-hybridized carbons (Fsp3) is 0.111. The Morgan fingerprint density at radius 3 is 1.89 bits per heavy atom. The summed E-state index contributed by atoms with van der Waals surface area (Å²) in [6, 6.07) is 3.66. The first-order valence-electron chi connectivity index (χ1n) is 4.27. The normalized spacial score (nSPS) is 11.2. The lowest BCUT2D eigenvalue weighted by molar-refractivity contribution is -0.137. The van der Waals surface area contributed by atoms with Crippen LogP contribution in [0.15, 0.2) is 37.1 Å². The van der Waals surface area contributed by atoms with E-state index in [1.165, 1.54) is 0 Å². The molecule has 1 aromatic carbocycles. The van der Waals surface area contributed by atoms with Gasteiger partial charge in [0.1, 0.15) is 5.75 Å². The van der Waals surface area contributed by atoms with Gasteiger partial charge in [-0.05, 0) is 24.3 Å². The van der Waals surface area contributed by atoms with Crippen LogP contribution in [0.5, 0.6) is 5.75 Å². The van der Waals surface area contributed by atoms with E-state index in [0.717, 1.165) is 24.3 Å². The first kappa shape index (κ1) is 16.5. The Morgan fingerprint density at radius 1 is 1.22 bits per heavy atom. The molecule has 0 saturated heterocycles. The van der Waals surface area contributed by atoms with Crippen LogP contribution in [0.2, 0.25) is 0 Å². The van der Waals surface area contributed by atoms with E-state index in [4.69, 9.17) is 14.9 Å². The summed E-state index contributed by atoms with van der Waals surface area (Å²) < 4.78 is 48.8. The summed E-state index contributed by atoms with van der Waals surface area (Å²) in [5, 5.41) is 8.66. The number of phenols is 1. The van der Waals surface area contributed by atoms with Crippen LogP contribution in [0.4, 0.5) is 13.2 Å². The number of phenolic OH excluding ortho intramolecular Hbond substituents is 1. The summed E-state index contributed by atoms with van der Waals surface area (Å²) in [5.41, 5.74) is -0.754. The lowest BCUT2D eigenvalue weighted by atomic mass is 10.2. The molecule has 0 aliphatic heterocycles. The van der Waals surface area contributed by atoms with Crippen molar-refractivity contribution in [3.8, 4) is 5.75 Å². The van der Waals surface area contributed by atoms with Gasteiger partial charge in [-0.3, -0.25) is 9.79 Å². The predicted molar refractivity (Wildman–Crippen MR) is 56.4 cm³/mol. The molecule has 3 N–H and O–H groups in total. The third-order valence-corrected chi connectivity index (χ3v) is 1.83. The third-order valence-electron chi connectivity index (χ3n) is 1.41. The molecule has 9 heteroatoms. The summed E-state index contributed by atoms with van der Waals surface area (Å²) in [5.74, 6) is -0.169. The number of hydrogen-bond acceptors (Lipinski definition) is 3. The van der Waals surface area contributed by atoms with Gasteiger partial charge in [-0.2, -0.15) is 13.2 Å². The van der Waals surface area contributed by atoms with E-state index in [2.05, 4.69) is 11.1 Å². The van der Waals surface area contributed by atoms with E-state index in [-0.39, 0.29) is 5.75 Å². The average molecular weight is 286 g/mol. The highest BCUT2D eigenvalue weighted by Gasteiger charge is 2.29. The molecular formula is C9H10F3O5P. The molecule has 0 saturated carbocycles. The van der Waals surface area contributed by atoms with Gasteiger partial charge >= 0.3 is 14.0 Å². The van der Waals surface area contributed by atoms with Gasteiger partial charge in [0.25, 0.3) is 0 Å². The van der Waals surface area contributed by atoms with Crippen molar-refractivity contribution < 1.29 is 37.2 Å². The highest BCUT2D eigenvalue weighted by molar-refractivity contribution is 7.46. The number of rotatable bonds is 2. The van der Waals surface area contributed by atoms with Gasteiger partial charge in [-0.25, -0.2) is 4.57 Å². The van der Waals surface area contributed by atoms with E-state index in [1.807, 2.05) is 0 Å². The monoisotopic (exact) mass is 286 g/mol. The summed E-state index contributed by atoms with van der Waals surface area (Å²) in [4.78, 5) is 15.7. The van der Waals surface area contributed by atoms with Crippen LogP contribution in [-0.2, 0) is 15.3 Å². The average Bonchev–Trinajstić information content (AvgIpc) is 2.15. The smallest absolute Gasteiger partial charge is 0.508 e. The quantitative estimate of drug-likeness (QED) is 0.574. The zero-order chi connectivity index (χ0) is 14.4. The predicted octanol–water partition coefficient (Wildman–Crippen LogP) is 2.65. The minimum Gasteiger partial charge on any atom is -0.508 e. The summed E-state index contributed by atoms with van der Waals surface area (Å²) in [7, 11) is -4.28. The molecule has 0 bridgehead atoms. The molecule has 0 fully saturated rings. The van der Waals surface area contributed by atoms with Gasteiger partial charge in [-0.1, -0.05) is 6.58 Å². The van der Waals surface area contributed by atoms with Crippen molar-refractivity contribution in [1.82, 2.24) is 0 Å². The lowest BCUT2D eigenvalue weighted by Gasteiger charge is -2.04. The highest BCUT2D eigenvalue weighted by atomic mass is 31.2. The first-order valence-corrected chi connectivity index (χ1v) is 5.80. The summed E-state index contributed by atoms with van der Waals surface area (Å²) >= 11 is 0. The van der Waals surface area contributed by atoms with Crippen LogP contribution >= 0.6 is 7.82 Å². The van der Waals surface area contributed by atoms with E-state index in [9.17, 15) is 17.7 Å². The molecule has 0 amide bonds. The van der Waals surface area contributed by atoms with Crippen LogP contribution in [0.25, 0.3) is 0 Å². The molecule has 1 rings (SSSR count). The molecule has 102 valence electrons. The number of phosphoric acid groups is 1. The summed E-state index contributed by atoms with van der Waals surface area (Å²) in [6.07, 6.45) is -3.63. The van der Waals surface area contributed by atoms with Crippen LogP contribution in [0.3, 0.4) is 0 Å². The number of phosphoric ester groups is 1. The van der Waals surface area contributed by atoms with Crippen molar-refractivity contribution >= 4 is 7.82 Å².